The highest BCUT2D eigenvalue weighted by Gasteiger charge is 2.32. The number of benzene rings is 1. The minimum absolute atomic E-state index is 0.0446. The van der Waals surface area contributed by atoms with Gasteiger partial charge < -0.3 is 5.32 Å². The Morgan fingerprint density at radius 2 is 1.89 bits per heavy atom. The van der Waals surface area contributed by atoms with Crippen LogP contribution in [0.15, 0.2) is 23.1 Å². The summed E-state index contributed by atoms with van der Waals surface area (Å²) in [5.74, 6) is -0.550. The standard InChI is InChI=1S/C12H16ClFN2O2S/c1-8-6-16(7-9(2)15-8)19(17,18)12-4-3-10(14)5-11(12)13/h3-5,8-9,15H,6-7H2,1-2H3/t8-,9-/m1/s1. The van der Waals surface area contributed by atoms with Crippen molar-refractivity contribution in [1.29, 1.82) is 0 Å². The van der Waals surface area contributed by atoms with E-state index < -0.39 is 15.8 Å². The zero-order valence-electron chi connectivity index (χ0n) is 10.7. The van der Waals surface area contributed by atoms with Crippen LogP contribution in [-0.2, 0) is 10.0 Å². The summed E-state index contributed by atoms with van der Waals surface area (Å²) in [7, 11) is -3.68. The molecule has 0 spiro atoms. The molecule has 0 aliphatic carbocycles. The predicted octanol–water partition coefficient (Wildman–Crippen LogP) is 1.85. The van der Waals surface area contributed by atoms with Crippen LogP contribution in [0.1, 0.15) is 13.8 Å². The molecule has 0 amide bonds. The van der Waals surface area contributed by atoms with Gasteiger partial charge in [-0.15, -0.1) is 0 Å². The molecule has 0 aromatic heterocycles. The zero-order chi connectivity index (χ0) is 14.2. The molecule has 1 N–H and O–H groups in total. The Bertz CT molecular complexity index is 569. The first kappa shape index (κ1) is 14.7. The Morgan fingerprint density at radius 3 is 2.42 bits per heavy atom. The second-order valence-electron chi connectivity index (χ2n) is 4.87. The topological polar surface area (TPSA) is 49.4 Å². The molecule has 1 aromatic carbocycles. The third-order valence-corrected chi connectivity index (χ3v) is 5.35. The fraction of sp³-hybridized carbons (Fsp3) is 0.500. The van der Waals surface area contributed by atoms with Gasteiger partial charge in [0.05, 0.1) is 5.02 Å². The maximum Gasteiger partial charge on any atom is 0.244 e. The third kappa shape index (κ3) is 3.08. The molecule has 1 heterocycles. The highest BCUT2D eigenvalue weighted by atomic mass is 35.5. The quantitative estimate of drug-likeness (QED) is 0.907. The van der Waals surface area contributed by atoms with Gasteiger partial charge in [0, 0.05) is 25.2 Å². The summed E-state index contributed by atoms with van der Waals surface area (Å²) < 4.78 is 39.4. The molecule has 1 fully saturated rings. The zero-order valence-corrected chi connectivity index (χ0v) is 12.3. The number of sulfonamides is 1. The van der Waals surface area contributed by atoms with Gasteiger partial charge in [0.15, 0.2) is 0 Å². The summed E-state index contributed by atoms with van der Waals surface area (Å²) in [6, 6.07) is 3.47. The molecule has 1 saturated heterocycles. The van der Waals surface area contributed by atoms with Gasteiger partial charge in [0.1, 0.15) is 10.7 Å². The molecule has 0 bridgehead atoms. The van der Waals surface area contributed by atoms with Gasteiger partial charge in [-0.05, 0) is 32.0 Å². The average Bonchev–Trinajstić information content (AvgIpc) is 2.26. The van der Waals surface area contributed by atoms with E-state index >= 15 is 0 Å². The van der Waals surface area contributed by atoms with Crippen LogP contribution in [0.5, 0.6) is 0 Å². The Morgan fingerprint density at radius 1 is 1.32 bits per heavy atom. The molecule has 2 atom stereocenters. The Kier molecular flexibility index (Phi) is 4.15. The van der Waals surface area contributed by atoms with Crippen LogP contribution in [0.4, 0.5) is 4.39 Å². The fourth-order valence-electron chi connectivity index (χ4n) is 2.30. The molecule has 19 heavy (non-hydrogen) atoms. The third-order valence-electron chi connectivity index (χ3n) is 3.04. The molecule has 0 radical (unpaired) electrons. The van der Waals surface area contributed by atoms with Gasteiger partial charge in [0.25, 0.3) is 0 Å². The second kappa shape index (κ2) is 5.36. The van der Waals surface area contributed by atoms with Crippen LogP contribution < -0.4 is 5.32 Å². The fourth-order valence-corrected chi connectivity index (χ4v) is 4.42. The predicted molar refractivity (Wildman–Crippen MR) is 72.2 cm³/mol. The van der Waals surface area contributed by atoms with Crippen molar-refractivity contribution in [1.82, 2.24) is 9.62 Å². The normalized spacial score (nSPS) is 25.5. The van der Waals surface area contributed by atoms with E-state index in [1.165, 1.54) is 10.4 Å². The largest absolute Gasteiger partial charge is 0.309 e. The van der Waals surface area contributed by atoms with Gasteiger partial charge in [0.2, 0.25) is 10.0 Å². The molecule has 0 unspecified atom stereocenters. The first-order chi connectivity index (χ1) is 8.80. The number of nitrogens with one attached hydrogen (secondary N) is 1. The molecule has 4 nitrogen and oxygen atoms in total. The number of hydrogen-bond donors (Lipinski definition) is 1. The molecule has 7 heteroatoms. The first-order valence-corrected chi connectivity index (χ1v) is 7.84. The molecule has 1 aliphatic heterocycles. The summed E-state index contributed by atoms with van der Waals surface area (Å²) in [4.78, 5) is -0.0446. The van der Waals surface area contributed by atoms with Crippen LogP contribution in [-0.4, -0.2) is 37.9 Å². The maximum absolute atomic E-state index is 13.0. The molecule has 0 saturated carbocycles. The summed E-state index contributed by atoms with van der Waals surface area (Å²) >= 11 is 5.84. The van der Waals surface area contributed by atoms with Gasteiger partial charge >= 0.3 is 0 Å². The van der Waals surface area contributed by atoms with Crippen LogP contribution in [0, 0.1) is 5.82 Å². The van der Waals surface area contributed by atoms with E-state index in [1.807, 2.05) is 13.8 Å². The van der Waals surface area contributed by atoms with E-state index in [0.29, 0.717) is 13.1 Å². The van der Waals surface area contributed by atoms with E-state index in [2.05, 4.69) is 5.32 Å². The average molecular weight is 307 g/mol. The van der Waals surface area contributed by atoms with Crippen LogP contribution >= 0.6 is 11.6 Å². The van der Waals surface area contributed by atoms with E-state index in [4.69, 9.17) is 11.6 Å². The van der Waals surface area contributed by atoms with Crippen molar-refractivity contribution in [2.24, 2.45) is 0 Å². The Balaban J connectivity index is 2.36. The van der Waals surface area contributed by atoms with E-state index in [1.54, 1.807) is 0 Å². The maximum atomic E-state index is 13.0. The van der Waals surface area contributed by atoms with Crippen molar-refractivity contribution < 1.29 is 12.8 Å². The summed E-state index contributed by atoms with van der Waals surface area (Å²) in [5.41, 5.74) is 0. The van der Waals surface area contributed by atoms with Gasteiger partial charge in [-0.25, -0.2) is 12.8 Å². The SMILES string of the molecule is C[C@@H]1CN(S(=O)(=O)c2ccc(F)cc2Cl)C[C@@H](C)N1. The number of rotatable bonds is 2. The van der Waals surface area contributed by atoms with Crippen LogP contribution in [0.2, 0.25) is 5.02 Å². The number of nitrogens with zero attached hydrogens (tertiary/aromatic N) is 1. The van der Waals surface area contributed by atoms with Crippen molar-refractivity contribution in [3.8, 4) is 0 Å². The molecule has 1 aromatic rings. The second-order valence-corrected chi connectivity index (χ2v) is 7.18. The smallest absolute Gasteiger partial charge is 0.244 e. The van der Waals surface area contributed by atoms with Crippen molar-refractivity contribution in [3.05, 3.63) is 29.0 Å². The van der Waals surface area contributed by atoms with Crippen molar-refractivity contribution >= 4 is 21.6 Å². The highest BCUT2D eigenvalue weighted by Crippen LogP contribution is 2.26. The van der Waals surface area contributed by atoms with Crippen molar-refractivity contribution in [2.75, 3.05) is 13.1 Å². The molecular formula is C12H16ClFN2O2S. The molecule has 106 valence electrons. The number of hydrogen-bond acceptors (Lipinski definition) is 3. The summed E-state index contributed by atoms with van der Waals surface area (Å²) in [6.07, 6.45) is 0. The van der Waals surface area contributed by atoms with Crippen LogP contribution in [0.25, 0.3) is 0 Å². The van der Waals surface area contributed by atoms with E-state index in [9.17, 15) is 12.8 Å². The van der Waals surface area contributed by atoms with Gasteiger partial charge in [-0.1, -0.05) is 11.6 Å². The summed E-state index contributed by atoms with van der Waals surface area (Å²) in [6.45, 7) is 4.59. The number of halogens is 2. The lowest BCUT2D eigenvalue weighted by Crippen LogP contribution is -2.55. The van der Waals surface area contributed by atoms with Crippen molar-refractivity contribution in [2.45, 2.75) is 30.8 Å². The molecular weight excluding hydrogens is 291 g/mol. The highest BCUT2D eigenvalue weighted by molar-refractivity contribution is 7.89. The van der Waals surface area contributed by atoms with Crippen LogP contribution in [0.3, 0.4) is 0 Å². The number of piperazine rings is 1. The van der Waals surface area contributed by atoms with E-state index in [-0.39, 0.29) is 22.0 Å². The molecule has 2 rings (SSSR count). The minimum atomic E-state index is -3.68. The first-order valence-electron chi connectivity index (χ1n) is 6.02. The monoisotopic (exact) mass is 306 g/mol. The lowest BCUT2D eigenvalue weighted by Gasteiger charge is -2.35. The van der Waals surface area contributed by atoms with Crippen molar-refractivity contribution in [3.63, 3.8) is 0 Å². The Hall–Kier alpha value is -0.690. The Labute approximate surface area is 117 Å². The minimum Gasteiger partial charge on any atom is -0.309 e. The summed E-state index contributed by atoms with van der Waals surface area (Å²) in [5, 5.41) is 3.17. The van der Waals surface area contributed by atoms with E-state index in [0.717, 1.165) is 12.1 Å². The van der Waals surface area contributed by atoms with Gasteiger partial charge in [-0.3, -0.25) is 0 Å². The lowest BCUT2D eigenvalue weighted by atomic mass is 10.2. The molecule has 1 aliphatic rings. The lowest BCUT2D eigenvalue weighted by molar-refractivity contribution is 0.263. The van der Waals surface area contributed by atoms with Gasteiger partial charge in [-0.2, -0.15) is 4.31 Å².